The van der Waals surface area contributed by atoms with Gasteiger partial charge in [0.25, 0.3) is 0 Å². The molecule has 0 unspecified atom stereocenters. The van der Waals surface area contributed by atoms with E-state index in [0.717, 1.165) is 30.1 Å². The molecule has 0 aromatic rings. The Bertz CT molecular complexity index is 469. The SMILES string of the molecule is CC[C@H]1CC[C@H]2[C@@H]3CC[C@@H]4CCCC[C@]4(C)[C@H]3C(=O)C[C@]12C. The van der Waals surface area contributed by atoms with Crippen molar-refractivity contribution < 1.29 is 4.79 Å². The molecule has 0 bridgehead atoms. The zero-order chi connectivity index (χ0) is 15.5. The molecule has 0 spiro atoms. The molecular weight excluding hydrogens is 268 g/mol. The fourth-order valence-corrected chi connectivity index (χ4v) is 7.88. The van der Waals surface area contributed by atoms with E-state index in [-0.39, 0.29) is 0 Å². The third-order valence-electron chi connectivity index (χ3n) is 8.96. The molecule has 22 heavy (non-hydrogen) atoms. The van der Waals surface area contributed by atoms with Gasteiger partial charge in [0.2, 0.25) is 0 Å². The van der Waals surface area contributed by atoms with Gasteiger partial charge in [0, 0.05) is 12.3 Å². The molecule has 4 rings (SSSR count). The lowest BCUT2D eigenvalue weighted by Crippen LogP contribution is -2.56. The van der Waals surface area contributed by atoms with Gasteiger partial charge in [-0.15, -0.1) is 0 Å². The van der Waals surface area contributed by atoms with Crippen molar-refractivity contribution in [1.82, 2.24) is 0 Å². The van der Waals surface area contributed by atoms with Gasteiger partial charge in [-0.3, -0.25) is 4.79 Å². The lowest BCUT2D eigenvalue weighted by molar-refractivity contribution is -0.157. The maximum Gasteiger partial charge on any atom is 0.137 e. The molecule has 4 fully saturated rings. The molecule has 0 N–H and O–H groups in total. The number of Topliss-reactive ketones (excluding diaryl/α,β-unsaturated/α-hetero) is 1. The summed E-state index contributed by atoms with van der Waals surface area (Å²) in [4.78, 5) is 13.3. The van der Waals surface area contributed by atoms with Crippen LogP contribution in [0.1, 0.15) is 85.0 Å². The molecule has 7 atom stereocenters. The summed E-state index contributed by atoms with van der Waals surface area (Å²) in [5.41, 5.74) is 0.689. The zero-order valence-corrected chi connectivity index (χ0v) is 14.9. The average molecular weight is 303 g/mol. The summed E-state index contributed by atoms with van der Waals surface area (Å²) in [5.74, 6) is 4.30. The van der Waals surface area contributed by atoms with Crippen molar-refractivity contribution in [2.24, 2.45) is 40.4 Å². The fourth-order valence-electron chi connectivity index (χ4n) is 7.88. The normalized spacial score (nSPS) is 54.5. The highest BCUT2D eigenvalue weighted by Gasteiger charge is 2.62. The highest BCUT2D eigenvalue weighted by atomic mass is 16.1. The van der Waals surface area contributed by atoms with E-state index in [1.54, 1.807) is 0 Å². The van der Waals surface area contributed by atoms with Gasteiger partial charge in [0.1, 0.15) is 5.78 Å². The molecule has 0 aliphatic heterocycles. The molecule has 1 nitrogen and oxygen atoms in total. The van der Waals surface area contributed by atoms with E-state index < -0.39 is 0 Å². The lowest BCUT2D eigenvalue weighted by atomic mass is 9.44. The lowest BCUT2D eigenvalue weighted by Gasteiger charge is -2.59. The Hall–Kier alpha value is -0.330. The van der Waals surface area contributed by atoms with Gasteiger partial charge in [-0.25, -0.2) is 0 Å². The fraction of sp³-hybridized carbons (Fsp3) is 0.952. The van der Waals surface area contributed by atoms with Crippen molar-refractivity contribution in [2.75, 3.05) is 0 Å². The standard InChI is InChI=1S/C21H34O/c1-4-14-9-11-17-16-10-8-15-7-5-6-12-20(15,2)19(16)18(22)13-21(14,17)3/h14-17,19H,4-13H2,1-3H3/t14-,15-,16-,17-,19+,20-,21+/m0/s1. The minimum Gasteiger partial charge on any atom is -0.299 e. The van der Waals surface area contributed by atoms with Crippen molar-refractivity contribution >= 4 is 5.78 Å². The summed E-state index contributed by atoms with van der Waals surface area (Å²) in [5, 5.41) is 0. The number of carbonyl (C=O) groups excluding carboxylic acids is 1. The predicted octanol–water partition coefficient (Wildman–Crippen LogP) is 5.62. The topological polar surface area (TPSA) is 17.1 Å². The molecule has 0 aromatic heterocycles. The van der Waals surface area contributed by atoms with E-state index in [1.165, 1.54) is 57.8 Å². The molecule has 124 valence electrons. The molecule has 0 aromatic carbocycles. The summed E-state index contributed by atoms with van der Waals surface area (Å²) in [7, 11) is 0. The zero-order valence-electron chi connectivity index (χ0n) is 14.9. The summed E-state index contributed by atoms with van der Waals surface area (Å²) in [6.07, 6.45) is 13.2. The first-order valence-electron chi connectivity index (χ1n) is 10.0. The summed E-state index contributed by atoms with van der Waals surface area (Å²) < 4.78 is 0. The number of rotatable bonds is 1. The second-order valence-corrected chi connectivity index (χ2v) is 9.61. The van der Waals surface area contributed by atoms with Crippen LogP contribution < -0.4 is 0 Å². The monoisotopic (exact) mass is 302 g/mol. The van der Waals surface area contributed by atoms with E-state index in [1.807, 2.05) is 0 Å². The second-order valence-electron chi connectivity index (χ2n) is 9.61. The van der Waals surface area contributed by atoms with E-state index in [2.05, 4.69) is 20.8 Å². The number of hydrogen-bond acceptors (Lipinski definition) is 1. The van der Waals surface area contributed by atoms with Gasteiger partial charge in [-0.1, -0.05) is 40.0 Å². The van der Waals surface area contributed by atoms with Crippen molar-refractivity contribution in [3.05, 3.63) is 0 Å². The van der Waals surface area contributed by atoms with E-state index in [9.17, 15) is 4.79 Å². The molecule has 0 amide bonds. The van der Waals surface area contributed by atoms with Crippen molar-refractivity contribution in [1.29, 1.82) is 0 Å². The van der Waals surface area contributed by atoms with Gasteiger partial charge in [0.05, 0.1) is 0 Å². The van der Waals surface area contributed by atoms with Gasteiger partial charge in [-0.05, 0) is 73.0 Å². The van der Waals surface area contributed by atoms with Crippen LogP contribution >= 0.6 is 0 Å². The maximum absolute atomic E-state index is 13.3. The van der Waals surface area contributed by atoms with Crippen molar-refractivity contribution in [3.8, 4) is 0 Å². The number of carbonyl (C=O) groups is 1. The van der Waals surface area contributed by atoms with E-state index in [0.29, 0.717) is 22.5 Å². The summed E-state index contributed by atoms with van der Waals surface area (Å²) in [6.45, 7) is 7.32. The Morgan fingerprint density at radius 1 is 1.00 bits per heavy atom. The third kappa shape index (κ3) is 1.86. The van der Waals surface area contributed by atoms with Crippen LogP contribution in [0.25, 0.3) is 0 Å². The van der Waals surface area contributed by atoms with E-state index >= 15 is 0 Å². The molecule has 4 aliphatic carbocycles. The van der Waals surface area contributed by atoms with Crippen LogP contribution in [-0.4, -0.2) is 5.78 Å². The minimum atomic E-state index is 0.338. The van der Waals surface area contributed by atoms with Crippen LogP contribution in [0.2, 0.25) is 0 Å². The number of ketones is 1. The Labute approximate surface area is 136 Å². The van der Waals surface area contributed by atoms with Crippen LogP contribution in [0.4, 0.5) is 0 Å². The molecular formula is C21H34O. The Balaban J connectivity index is 1.69. The average Bonchev–Trinajstić information content (AvgIpc) is 2.82. The first-order chi connectivity index (χ1) is 10.5. The van der Waals surface area contributed by atoms with Gasteiger partial charge < -0.3 is 0 Å². The molecule has 0 saturated heterocycles. The van der Waals surface area contributed by atoms with Crippen molar-refractivity contribution in [2.45, 2.75) is 85.0 Å². The first-order valence-corrected chi connectivity index (χ1v) is 10.0. The minimum absolute atomic E-state index is 0.338. The summed E-state index contributed by atoms with van der Waals surface area (Å²) in [6, 6.07) is 0. The smallest absolute Gasteiger partial charge is 0.137 e. The van der Waals surface area contributed by atoms with Crippen LogP contribution in [0, 0.1) is 40.4 Å². The molecule has 0 radical (unpaired) electrons. The highest BCUT2D eigenvalue weighted by Crippen LogP contribution is 2.66. The predicted molar refractivity (Wildman–Crippen MR) is 90.5 cm³/mol. The third-order valence-corrected chi connectivity index (χ3v) is 8.96. The summed E-state index contributed by atoms with van der Waals surface area (Å²) >= 11 is 0. The highest BCUT2D eigenvalue weighted by molar-refractivity contribution is 5.84. The number of hydrogen-bond donors (Lipinski definition) is 0. The van der Waals surface area contributed by atoms with Crippen LogP contribution in [0.5, 0.6) is 0 Å². The second kappa shape index (κ2) is 5.08. The van der Waals surface area contributed by atoms with E-state index in [4.69, 9.17) is 0 Å². The molecule has 4 saturated carbocycles. The van der Waals surface area contributed by atoms with Crippen LogP contribution in [-0.2, 0) is 4.79 Å². The maximum atomic E-state index is 13.3. The van der Waals surface area contributed by atoms with Crippen molar-refractivity contribution in [3.63, 3.8) is 0 Å². The molecule has 4 aliphatic rings. The van der Waals surface area contributed by atoms with Crippen LogP contribution in [0.15, 0.2) is 0 Å². The first kappa shape index (κ1) is 15.2. The number of fused-ring (bicyclic) bond motifs is 5. The molecule has 0 heterocycles. The molecule has 1 heteroatoms. The van der Waals surface area contributed by atoms with Gasteiger partial charge >= 0.3 is 0 Å². The Morgan fingerprint density at radius 3 is 2.59 bits per heavy atom. The Kier molecular flexibility index (Phi) is 3.51. The Morgan fingerprint density at radius 2 is 1.82 bits per heavy atom. The largest absolute Gasteiger partial charge is 0.299 e. The van der Waals surface area contributed by atoms with Crippen LogP contribution in [0.3, 0.4) is 0 Å². The van der Waals surface area contributed by atoms with Gasteiger partial charge in [-0.2, -0.15) is 0 Å². The quantitative estimate of drug-likeness (QED) is 0.614. The van der Waals surface area contributed by atoms with Gasteiger partial charge in [0.15, 0.2) is 0 Å².